The summed E-state index contributed by atoms with van der Waals surface area (Å²) in [5.41, 5.74) is 0. The Bertz CT molecular complexity index is 415. The molecular weight excluding hydrogens is 238 g/mol. The van der Waals surface area contributed by atoms with Crippen LogP contribution >= 0.6 is 0 Å². The number of hydrogen-bond donors (Lipinski definition) is 0. The fourth-order valence-corrected chi connectivity index (χ4v) is 2.17. The second kappa shape index (κ2) is 4.75. The predicted octanol–water partition coefficient (Wildman–Crippen LogP) is -0.580. The van der Waals surface area contributed by atoms with E-state index < -0.39 is 17.8 Å². The summed E-state index contributed by atoms with van der Waals surface area (Å²) in [6.07, 6.45) is 1.88. The number of rotatable bonds is 3. The molecule has 2 fully saturated rings. The van der Waals surface area contributed by atoms with Crippen LogP contribution in [0.3, 0.4) is 0 Å². The molecule has 18 heavy (non-hydrogen) atoms. The van der Waals surface area contributed by atoms with Crippen molar-refractivity contribution in [1.29, 1.82) is 0 Å². The molecule has 0 N–H and O–H groups in total. The molecule has 0 aliphatic carbocycles. The van der Waals surface area contributed by atoms with Crippen LogP contribution in [-0.2, 0) is 14.4 Å². The van der Waals surface area contributed by atoms with Crippen LogP contribution in [0.4, 0.5) is 4.79 Å². The van der Waals surface area contributed by atoms with Gasteiger partial charge in [0.1, 0.15) is 6.54 Å². The Kier molecular flexibility index (Phi) is 3.31. The first-order valence-electron chi connectivity index (χ1n) is 6.01. The Hall–Kier alpha value is -1.92. The number of likely N-dealkylation sites (N-methyl/N-ethyl adjacent to an activating group) is 1. The third-order valence-electron chi connectivity index (χ3n) is 3.20. The number of imide groups is 2. The van der Waals surface area contributed by atoms with Gasteiger partial charge in [-0.2, -0.15) is 0 Å². The third-order valence-corrected chi connectivity index (χ3v) is 3.20. The van der Waals surface area contributed by atoms with Gasteiger partial charge in [-0.3, -0.25) is 19.3 Å². The molecule has 7 heteroatoms. The smallest absolute Gasteiger partial charge is 0.334 e. The molecule has 0 spiro atoms. The summed E-state index contributed by atoms with van der Waals surface area (Å²) in [5, 5.41) is 0. The van der Waals surface area contributed by atoms with E-state index in [4.69, 9.17) is 0 Å². The minimum absolute atomic E-state index is 0.137. The van der Waals surface area contributed by atoms with Gasteiger partial charge in [0, 0.05) is 19.6 Å². The molecule has 2 aliphatic heterocycles. The summed E-state index contributed by atoms with van der Waals surface area (Å²) in [4.78, 5) is 49.8. The number of carbonyl (C=O) groups is 4. The molecule has 0 aromatic carbocycles. The van der Waals surface area contributed by atoms with Gasteiger partial charge in [0.15, 0.2) is 0 Å². The van der Waals surface area contributed by atoms with Crippen molar-refractivity contribution < 1.29 is 19.2 Å². The second-order valence-corrected chi connectivity index (χ2v) is 4.31. The van der Waals surface area contributed by atoms with Crippen molar-refractivity contribution in [2.24, 2.45) is 0 Å². The number of nitrogens with zero attached hydrogens (tertiary/aromatic N) is 3. The van der Waals surface area contributed by atoms with E-state index in [-0.39, 0.29) is 19.0 Å². The molecule has 0 aromatic rings. The van der Waals surface area contributed by atoms with Crippen molar-refractivity contribution in [3.05, 3.63) is 0 Å². The van der Waals surface area contributed by atoms with E-state index in [0.29, 0.717) is 13.1 Å². The molecule has 7 nitrogen and oxygen atoms in total. The van der Waals surface area contributed by atoms with Gasteiger partial charge in [0.2, 0.25) is 5.91 Å². The van der Waals surface area contributed by atoms with Gasteiger partial charge >= 0.3 is 17.8 Å². The highest BCUT2D eigenvalue weighted by Gasteiger charge is 2.44. The molecule has 0 bridgehead atoms. The number of urea groups is 1. The summed E-state index contributed by atoms with van der Waals surface area (Å²) in [6.45, 7) is 2.72. The largest absolute Gasteiger partial charge is 0.341 e. The molecular formula is C11H15N3O4. The fourth-order valence-electron chi connectivity index (χ4n) is 2.17. The van der Waals surface area contributed by atoms with E-state index in [1.54, 1.807) is 11.8 Å². The Balaban J connectivity index is 2.05. The quantitative estimate of drug-likeness (QED) is 0.498. The number of hydrogen-bond acceptors (Lipinski definition) is 4. The zero-order valence-electron chi connectivity index (χ0n) is 10.2. The van der Waals surface area contributed by atoms with Gasteiger partial charge in [-0.05, 0) is 19.8 Å². The lowest BCUT2D eigenvalue weighted by Gasteiger charge is -2.19. The average molecular weight is 253 g/mol. The van der Waals surface area contributed by atoms with Crippen LogP contribution in [0, 0.1) is 0 Å². The maximum Gasteiger partial charge on any atom is 0.334 e. The fraction of sp³-hybridized carbons (Fsp3) is 0.636. The molecule has 0 unspecified atom stereocenters. The van der Waals surface area contributed by atoms with Crippen molar-refractivity contribution >= 4 is 23.8 Å². The molecule has 2 aliphatic rings. The van der Waals surface area contributed by atoms with E-state index in [0.717, 1.165) is 22.6 Å². The van der Waals surface area contributed by atoms with Crippen molar-refractivity contribution in [3.63, 3.8) is 0 Å². The lowest BCUT2D eigenvalue weighted by Crippen LogP contribution is -2.42. The normalized spacial score (nSPS) is 20.3. The van der Waals surface area contributed by atoms with Crippen molar-refractivity contribution in [3.8, 4) is 0 Å². The molecule has 0 saturated carbocycles. The van der Waals surface area contributed by atoms with Gasteiger partial charge < -0.3 is 4.90 Å². The topological polar surface area (TPSA) is 78.0 Å². The third kappa shape index (κ3) is 1.96. The predicted molar refractivity (Wildman–Crippen MR) is 60.3 cm³/mol. The van der Waals surface area contributed by atoms with Crippen LogP contribution in [0.15, 0.2) is 0 Å². The average Bonchev–Trinajstić information content (AvgIpc) is 2.94. The molecule has 0 aromatic heterocycles. The zero-order chi connectivity index (χ0) is 13.3. The summed E-state index contributed by atoms with van der Waals surface area (Å²) >= 11 is 0. The Morgan fingerprint density at radius 1 is 1.06 bits per heavy atom. The molecule has 2 rings (SSSR count). The SMILES string of the molecule is CCN1C(=O)C(=O)N(CC(=O)N2CCCC2)C1=O. The maximum absolute atomic E-state index is 11.8. The van der Waals surface area contributed by atoms with Gasteiger partial charge in [0.25, 0.3) is 0 Å². The number of likely N-dealkylation sites (tertiary alicyclic amines) is 1. The van der Waals surface area contributed by atoms with Gasteiger partial charge in [-0.25, -0.2) is 9.69 Å². The monoisotopic (exact) mass is 253 g/mol. The first-order valence-corrected chi connectivity index (χ1v) is 6.01. The first-order chi connectivity index (χ1) is 8.56. The highest BCUT2D eigenvalue weighted by Crippen LogP contribution is 2.13. The van der Waals surface area contributed by atoms with Crippen LogP contribution in [0.25, 0.3) is 0 Å². The molecule has 2 heterocycles. The van der Waals surface area contributed by atoms with Gasteiger partial charge in [0.05, 0.1) is 0 Å². The second-order valence-electron chi connectivity index (χ2n) is 4.31. The highest BCUT2D eigenvalue weighted by atomic mass is 16.2. The van der Waals surface area contributed by atoms with Crippen LogP contribution in [0.5, 0.6) is 0 Å². The standard InChI is InChI=1S/C11H15N3O4/c1-2-13-9(16)10(17)14(11(13)18)7-8(15)12-5-3-4-6-12/h2-7H2,1H3. The zero-order valence-corrected chi connectivity index (χ0v) is 10.2. The molecule has 0 atom stereocenters. The van der Waals surface area contributed by atoms with E-state index >= 15 is 0 Å². The minimum Gasteiger partial charge on any atom is -0.341 e. The lowest BCUT2D eigenvalue weighted by molar-refractivity contribution is -0.144. The summed E-state index contributed by atoms with van der Waals surface area (Å²) in [5.74, 6) is -2.04. The van der Waals surface area contributed by atoms with Crippen LogP contribution in [0.1, 0.15) is 19.8 Å². The van der Waals surface area contributed by atoms with E-state index in [2.05, 4.69) is 0 Å². The molecule has 0 radical (unpaired) electrons. The lowest BCUT2D eigenvalue weighted by atomic mass is 10.4. The van der Waals surface area contributed by atoms with Gasteiger partial charge in [-0.1, -0.05) is 0 Å². The maximum atomic E-state index is 11.8. The summed E-state index contributed by atoms with van der Waals surface area (Å²) in [7, 11) is 0. The Morgan fingerprint density at radius 3 is 2.11 bits per heavy atom. The Morgan fingerprint density at radius 2 is 1.61 bits per heavy atom. The highest BCUT2D eigenvalue weighted by molar-refractivity contribution is 6.45. The minimum atomic E-state index is -0.908. The van der Waals surface area contributed by atoms with Crippen molar-refractivity contribution in [2.45, 2.75) is 19.8 Å². The van der Waals surface area contributed by atoms with E-state index in [1.165, 1.54) is 0 Å². The van der Waals surface area contributed by atoms with E-state index in [1.807, 2.05) is 0 Å². The van der Waals surface area contributed by atoms with Crippen molar-refractivity contribution in [1.82, 2.24) is 14.7 Å². The van der Waals surface area contributed by atoms with Crippen LogP contribution in [0.2, 0.25) is 0 Å². The van der Waals surface area contributed by atoms with E-state index in [9.17, 15) is 19.2 Å². The summed E-state index contributed by atoms with van der Waals surface area (Å²) < 4.78 is 0. The molecule has 2 saturated heterocycles. The number of carbonyl (C=O) groups excluding carboxylic acids is 4. The number of amides is 5. The first kappa shape index (κ1) is 12.5. The summed E-state index contributed by atoms with van der Waals surface area (Å²) in [6, 6.07) is -0.694. The van der Waals surface area contributed by atoms with Crippen molar-refractivity contribution in [2.75, 3.05) is 26.2 Å². The van der Waals surface area contributed by atoms with Gasteiger partial charge in [-0.15, -0.1) is 0 Å². The molecule has 98 valence electrons. The Labute approximate surface area is 104 Å². The molecule has 5 amide bonds. The van der Waals surface area contributed by atoms with Crippen LogP contribution in [-0.4, -0.2) is 64.6 Å². The van der Waals surface area contributed by atoms with Crippen LogP contribution < -0.4 is 0 Å².